The Morgan fingerprint density at radius 2 is 1.74 bits per heavy atom. The molecule has 0 bridgehead atoms. The van der Waals surface area contributed by atoms with Crippen LogP contribution in [0.2, 0.25) is 0 Å². The first kappa shape index (κ1) is 15.7. The van der Waals surface area contributed by atoms with Crippen molar-refractivity contribution < 1.29 is 5.11 Å². The molecule has 1 heterocycles. The molecule has 3 rings (SSSR count). The quantitative estimate of drug-likeness (QED) is 0.703. The topological polar surface area (TPSA) is 45.2 Å². The van der Waals surface area contributed by atoms with Crippen LogP contribution in [-0.4, -0.2) is 10.1 Å². The SMILES string of the molecule is CCc1nc2ccccc2c(C(O)NCc2ccccc2)c1C. The number of aryl methyl sites for hydroxylation is 1. The van der Waals surface area contributed by atoms with Crippen LogP contribution in [0.15, 0.2) is 54.6 Å². The fraction of sp³-hybridized carbons (Fsp3) is 0.250. The molecule has 0 saturated carbocycles. The monoisotopic (exact) mass is 306 g/mol. The Morgan fingerprint density at radius 3 is 2.48 bits per heavy atom. The van der Waals surface area contributed by atoms with Crippen molar-refractivity contribution >= 4 is 10.9 Å². The van der Waals surface area contributed by atoms with Gasteiger partial charge in [0.1, 0.15) is 6.23 Å². The van der Waals surface area contributed by atoms with Crippen LogP contribution < -0.4 is 5.32 Å². The number of hydrogen-bond acceptors (Lipinski definition) is 3. The number of para-hydroxylation sites is 1. The summed E-state index contributed by atoms with van der Waals surface area (Å²) in [6, 6.07) is 18.1. The van der Waals surface area contributed by atoms with Crippen molar-refractivity contribution in [2.75, 3.05) is 0 Å². The van der Waals surface area contributed by atoms with Gasteiger partial charge in [-0.25, -0.2) is 0 Å². The van der Waals surface area contributed by atoms with Gasteiger partial charge in [-0.05, 0) is 30.5 Å². The highest BCUT2D eigenvalue weighted by Gasteiger charge is 2.17. The molecule has 0 saturated heterocycles. The summed E-state index contributed by atoms with van der Waals surface area (Å²) >= 11 is 0. The summed E-state index contributed by atoms with van der Waals surface area (Å²) in [4.78, 5) is 4.72. The average molecular weight is 306 g/mol. The van der Waals surface area contributed by atoms with Gasteiger partial charge in [-0.3, -0.25) is 10.3 Å². The molecule has 0 amide bonds. The van der Waals surface area contributed by atoms with Crippen molar-refractivity contribution in [2.24, 2.45) is 0 Å². The van der Waals surface area contributed by atoms with Crippen LogP contribution in [-0.2, 0) is 13.0 Å². The number of nitrogens with zero attached hydrogens (tertiary/aromatic N) is 1. The smallest absolute Gasteiger partial charge is 0.132 e. The number of rotatable bonds is 5. The minimum Gasteiger partial charge on any atom is -0.374 e. The van der Waals surface area contributed by atoms with Gasteiger partial charge in [0.25, 0.3) is 0 Å². The molecule has 3 nitrogen and oxygen atoms in total. The van der Waals surface area contributed by atoms with Gasteiger partial charge in [-0.15, -0.1) is 0 Å². The fourth-order valence-electron chi connectivity index (χ4n) is 2.99. The number of benzene rings is 2. The van der Waals surface area contributed by atoms with E-state index in [0.717, 1.165) is 39.7 Å². The number of aliphatic hydroxyl groups excluding tert-OH is 1. The van der Waals surface area contributed by atoms with Crippen molar-refractivity contribution in [3.63, 3.8) is 0 Å². The molecule has 118 valence electrons. The zero-order chi connectivity index (χ0) is 16.2. The third-order valence-corrected chi connectivity index (χ3v) is 4.24. The van der Waals surface area contributed by atoms with Crippen molar-refractivity contribution in [1.82, 2.24) is 10.3 Å². The first-order valence-electron chi connectivity index (χ1n) is 8.04. The van der Waals surface area contributed by atoms with E-state index < -0.39 is 6.23 Å². The third kappa shape index (κ3) is 3.26. The van der Waals surface area contributed by atoms with E-state index in [1.165, 1.54) is 0 Å². The van der Waals surface area contributed by atoms with Crippen molar-refractivity contribution in [3.05, 3.63) is 77.0 Å². The Bertz CT molecular complexity index is 799. The maximum atomic E-state index is 10.7. The molecule has 0 spiro atoms. The first-order valence-corrected chi connectivity index (χ1v) is 8.04. The zero-order valence-electron chi connectivity index (χ0n) is 13.6. The molecular weight excluding hydrogens is 284 g/mol. The number of pyridine rings is 1. The van der Waals surface area contributed by atoms with Gasteiger partial charge >= 0.3 is 0 Å². The predicted octanol–water partition coefficient (Wildman–Crippen LogP) is 3.89. The predicted molar refractivity (Wildman–Crippen MR) is 94.1 cm³/mol. The summed E-state index contributed by atoms with van der Waals surface area (Å²) < 4.78 is 0. The van der Waals surface area contributed by atoms with Crippen LogP contribution in [0.3, 0.4) is 0 Å². The van der Waals surface area contributed by atoms with E-state index in [0.29, 0.717) is 6.54 Å². The minimum atomic E-state index is -0.714. The van der Waals surface area contributed by atoms with Crippen LogP contribution in [0.5, 0.6) is 0 Å². The van der Waals surface area contributed by atoms with E-state index >= 15 is 0 Å². The summed E-state index contributed by atoms with van der Waals surface area (Å²) in [5.74, 6) is 0. The molecule has 23 heavy (non-hydrogen) atoms. The van der Waals surface area contributed by atoms with Gasteiger partial charge in [-0.1, -0.05) is 55.5 Å². The van der Waals surface area contributed by atoms with Crippen LogP contribution in [0.25, 0.3) is 10.9 Å². The number of hydrogen-bond donors (Lipinski definition) is 2. The summed E-state index contributed by atoms with van der Waals surface area (Å²) in [5.41, 5.74) is 5.13. The average Bonchev–Trinajstić information content (AvgIpc) is 2.60. The van der Waals surface area contributed by atoms with Crippen LogP contribution in [0.1, 0.15) is 35.5 Å². The zero-order valence-corrected chi connectivity index (χ0v) is 13.6. The number of aliphatic hydroxyl groups is 1. The van der Waals surface area contributed by atoms with Gasteiger partial charge in [-0.2, -0.15) is 0 Å². The Balaban J connectivity index is 1.95. The molecule has 0 aliphatic heterocycles. The summed E-state index contributed by atoms with van der Waals surface area (Å²) in [7, 11) is 0. The molecule has 1 unspecified atom stereocenters. The maximum Gasteiger partial charge on any atom is 0.132 e. The molecule has 2 aromatic carbocycles. The van der Waals surface area contributed by atoms with Crippen molar-refractivity contribution in [3.8, 4) is 0 Å². The lowest BCUT2D eigenvalue weighted by Crippen LogP contribution is -2.22. The summed E-state index contributed by atoms with van der Waals surface area (Å²) in [5, 5.41) is 15.0. The van der Waals surface area contributed by atoms with Gasteiger partial charge < -0.3 is 5.11 Å². The lowest BCUT2D eigenvalue weighted by Gasteiger charge is -2.20. The van der Waals surface area contributed by atoms with Crippen molar-refractivity contribution in [1.29, 1.82) is 0 Å². The highest BCUT2D eigenvalue weighted by Crippen LogP contribution is 2.28. The molecule has 0 aliphatic rings. The van der Waals surface area contributed by atoms with E-state index in [1.807, 2.05) is 49.4 Å². The minimum absolute atomic E-state index is 0.625. The van der Waals surface area contributed by atoms with Crippen LogP contribution >= 0.6 is 0 Å². The molecule has 0 radical (unpaired) electrons. The van der Waals surface area contributed by atoms with Crippen molar-refractivity contribution in [2.45, 2.75) is 33.0 Å². The number of nitrogens with one attached hydrogen (secondary N) is 1. The third-order valence-electron chi connectivity index (χ3n) is 4.24. The molecule has 2 N–H and O–H groups in total. The van der Waals surface area contributed by atoms with Crippen LogP contribution in [0, 0.1) is 6.92 Å². The standard InChI is InChI=1S/C20H22N2O/c1-3-17-14(2)19(16-11-7-8-12-18(16)22-17)20(23)21-13-15-9-5-4-6-10-15/h4-12,20-21,23H,3,13H2,1-2H3. The van der Waals surface area contributed by atoms with Gasteiger partial charge in [0.2, 0.25) is 0 Å². The summed E-state index contributed by atoms with van der Waals surface area (Å²) in [6.07, 6.45) is 0.142. The second-order valence-corrected chi connectivity index (χ2v) is 5.74. The van der Waals surface area contributed by atoms with E-state index in [-0.39, 0.29) is 0 Å². The number of fused-ring (bicyclic) bond motifs is 1. The van der Waals surface area contributed by atoms with Gasteiger partial charge in [0, 0.05) is 23.2 Å². The van der Waals surface area contributed by atoms with E-state index in [2.05, 4.69) is 24.4 Å². The molecule has 3 aromatic rings. The molecule has 3 heteroatoms. The Hall–Kier alpha value is -2.23. The Morgan fingerprint density at radius 1 is 1.04 bits per heavy atom. The maximum absolute atomic E-state index is 10.7. The normalized spacial score (nSPS) is 12.5. The molecule has 0 aliphatic carbocycles. The lowest BCUT2D eigenvalue weighted by molar-refractivity contribution is 0.138. The molecule has 1 aromatic heterocycles. The van der Waals surface area contributed by atoms with Crippen LogP contribution in [0.4, 0.5) is 0 Å². The molecule has 0 fully saturated rings. The number of aromatic nitrogens is 1. The molecular formula is C20H22N2O. The second-order valence-electron chi connectivity index (χ2n) is 5.74. The summed E-state index contributed by atoms with van der Waals surface area (Å²) in [6.45, 7) is 4.76. The Labute approximate surface area is 137 Å². The largest absolute Gasteiger partial charge is 0.374 e. The van der Waals surface area contributed by atoms with E-state index in [1.54, 1.807) is 0 Å². The highest BCUT2D eigenvalue weighted by atomic mass is 16.3. The second kappa shape index (κ2) is 6.90. The fourth-order valence-corrected chi connectivity index (χ4v) is 2.99. The highest BCUT2D eigenvalue weighted by molar-refractivity contribution is 5.84. The van der Waals surface area contributed by atoms with E-state index in [4.69, 9.17) is 4.98 Å². The van der Waals surface area contributed by atoms with E-state index in [9.17, 15) is 5.11 Å². The Kier molecular flexibility index (Phi) is 4.70. The molecule has 1 atom stereocenters. The first-order chi connectivity index (χ1) is 11.2. The lowest BCUT2D eigenvalue weighted by atomic mass is 9.99. The van der Waals surface area contributed by atoms with Gasteiger partial charge in [0.15, 0.2) is 0 Å². The van der Waals surface area contributed by atoms with Gasteiger partial charge in [0.05, 0.1) is 5.52 Å².